The lowest BCUT2D eigenvalue weighted by atomic mass is 10.1. The van der Waals surface area contributed by atoms with Gasteiger partial charge in [-0.3, -0.25) is 4.79 Å². The van der Waals surface area contributed by atoms with E-state index in [0.29, 0.717) is 6.04 Å². The standard InChI is InChI=1S/C13H24N2O/c1-2-3-4-12(14)13(16)15(11-7-8-11)9-10-5-6-10/h10-12H,2-9,14H2,1H3. The molecule has 0 bridgehead atoms. The van der Waals surface area contributed by atoms with Gasteiger partial charge in [0.05, 0.1) is 6.04 Å². The number of hydrogen-bond acceptors (Lipinski definition) is 2. The third-order valence-corrected chi connectivity index (χ3v) is 3.61. The molecule has 16 heavy (non-hydrogen) atoms. The molecule has 0 heterocycles. The Labute approximate surface area is 98.4 Å². The van der Waals surface area contributed by atoms with Gasteiger partial charge in [-0.15, -0.1) is 0 Å². The molecule has 0 aliphatic heterocycles. The number of nitrogens with zero attached hydrogens (tertiary/aromatic N) is 1. The van der Waals surface area contributed by atoms with Crippen LogP contribution in [0.4, 0.5) is 0 Å². The number of hydrogen-bond donors (Lipinski definition) is 1. The van der Waals surface area contributed by atoms with E-state index in [9.17, 15) is 4.79 Å². The molecule has 1 atom stereocenters. The van der Waals surface area contributed by atoms with Crippen LogP contribution in [0.5, 0.6) is 0 Å². The minimum Gasteiger partial charge on any atom is -0.338 e. The largest absolute Gasteiger partial charge is 0.338 e. The van der Waals surface area contributed by atoms with Crippen LogP contribution in [-0.2, 0) is 4.79 Å². The smallest absolute Gasteiger partial charge is 0.239 e. The van der Waals surface area contributed by atoms with Crippen LogP contribution in [0, 0.1) is 5.92 Å². The molecule has 3 nitrogen and oxygen atoms in total. The molecule has 3 heteroatoms. The van der Waals surface area contributed by atoms with Crippen molar-refractivity contribution in [1.29, 1.82) is 0 Å². The van der Waals surface area contributed by atoms with Crippen molar-refractivity contribution in [2.75, 3.05) is 6.54 Å². The lowest BCUT2D eigenvalue weighted by molar-refractivity contribution is -0.133. The van der Waals surface area contributed by atoms with Crippen LogP contribution in [0.2, 0.25) is 0 Å². The first-order chi connectivity index (χ1) is 7.72. The molecule has 0 spiro atoms. The molecule has 2 fully saturated rings. The zero-order valence-corrected chi connectivity index (χ0v) is 10.3. The fraction of sp³-hybridized carbons (Fsp3) is 0.923. The first kappa shape index (κ1) is 11.9. The summed E-state index contributed by atoms with van der Waals surface area (Å²) in [6, 6.07) is 0.278. The van der Waals surface area contributed by atoms with Gasteiger partial charge < -0.3 is 10.6 Å². The molecule has 0 aromatic heterocycles. The lowest BCUT2D eigenvalue weighted by Crippen LogP contribution is -2.45. The van der Waals surface area contributed by atoms with Crippen molar-refractivity contribution < 1.29 is 4.79 Å². The van der Waals surface area contributed by atoms with Crippen molar-refractivity contribution in [1.82, 2.24) is 4.90 Å². The molecule has 0 aromatic carbocycles. The Morgan fingerprint density at radius 3 is 2.56 bits per heavy atom. The molecule has 92 valence electrons. The van der Waals surface area contributed by atoms with Gasteiger partial charge in [0.25, 0.3) is 0 Å². The maximum Gasteiger partial charge on any atom is 0.239 e. The zero-order valence-electron chi connectivity index (χ0n) is 10.3. The Balaban J connectivity index is 1.82. The Morgan fingerprint density at radius 2 is 2.06 bits per heavy atom. The molecule has 2 rings (SSSR count). The summed E-state index contributed by atoms with van der Waals surface area (Å²) in [4.78, 5) is 14.3. The third-order valence-electron chi connectivity index (χ3n) is 3.61. The Bertz CT molecular complexity index is 246. The number of rotatable bonds is 7. The van der Waals surface area contributed by atoms with Crippen molar-refractivity contribution in [2.24, 2.45) is 11.7 Å². The van der Waals surface area contributed by atoms with Gasteiger partial charge >= 0.3 is 0 Å². The fourth-order valence-electron chi connectivity index (χ4n) is 2.14. The van der Waals surface area contributed by atoms with Crippen molar-refractivity contribution in [3.05, 3.63) is 0 Å². The number of unbranched alkanes of at least 4 members (excludes halogenated alkanes) is 1. The van der Waals surface area contributed by atoms with E-state index in [0.717, 1.165) is 31.7 Å². The monoisotopic (exact) mass is 224 g/mol. The lowest BCUT2D eigenvalue weighted by Gasteiger charge is -2.25. The second-order valence-electron chi connectivity index (χ2n) is 5.41. The summed E-state index contributed by atoms with van der Waals surface area (Å²) in [5, 5.41) is 0. The van der Waals surface area contributed by atoms with Crippen LogP contribution in [0.1, 0.15) is 51.9 Å². The van der Waals surface area contributed by atoms with E-state index >= 15 is 0 Å². The van der Waals surface area contributed by atoms with Gasteiger partial charge in [-0.2, -0.15) is 0 Å². The summed E-state index contributed by atoms with van der Waals surface area (Å²) in [6.07, 6.45) is 8.03. The predicted octanol–water partition coefficient (Wildman–Crippen LogP) is 1.90. The Morgan fingerprint density at radius 1 is 1.38 bits per heavy atom. The van der Waals surface area contributed by atoms with Gasteiger partial charge in [-0.25, -0.2) is 0 Å². The van der Waals surface area contributed by atoms with Gasteiger partial charge in [0.2, 0.25) is 5.91 Å². The minimum atomic E-state index is -0.251. The summed E-state index contributed by atoms with van der Waals surface area (Å²) in [6.45, 7) is 3.11. The maximum atomic E-state index is 12.2. The van der Waals surface area contributed by atoms with E-state index in [1.807, 2.05) is 0 Å². The average Bonchev–Trinajstić information content (AvgIpc) is 3.14. The maximum absolute atomic E-state index is 12.2. The molecule has 1 amide bonds. The van der Waals surface area contributed by atoms with Crippen LogP contribution >= 0.6 is 0 Å². The van der Waals surface area contributed by atoms with Crippen LogP contribution in [0.25, 0.3) is 0 Å². The number of carbonyl (C=O) groups excluding carboxylic acids is 1. The Kier molecular flexibility index (Phi) is 3.85. The van der Waals surface area contributed by atoms with Gasteiger partial charge in [-0.05, 0) is 38.0 Å². The van der Waals surface area contributed by atoms with Gasteiger partial charge in [0.15, 0.2) is 0 Å². The van der Waals surface area contributed by atoms with E-state index < -0.39 is 0 Å². The molecular weight excluding hydrogens is 200 g/mol. The molecule has 1 unspecified atom stereocenters. The molecule has 0 aromatic rings. The summed E-state index contributed by atoms with van der Waals surface area (Å²) >= 11 is 0. The molecule has 0 radical (unpaired) electrons. The van der Waals surface area contributed by atoms with Crippen molar-refractivity contribution in [2.45, 2.75) is 64.0 Å². The van der Waals surface area contributed by atoms with Crippen molar-refractivity contribution in [3.8, 4) is 0 Å². The van der Waals surface area contributed by atoms with Crippen LogP contribution in [0.15, 0.2) is 0 Å². The Hall–Kier alpha value is -0.570. The predicted molar refractivity (Wildman–Crippen MR) is 65.0 cm³/mol. The second kappa shape index (κ2) is 5.17. The van der Waals surface area contributed by atoms with Gasteiger partial charge in [0.1, 0.15) is 0 Å². The first-order valence-electron chi connectivity index (χ1n) is 6.78. The average molecular weight is 224 g/mol. The van der Waals surface area contributed by atoms with E-state index in [4.69, 9.17) is 5.73 Å². The quantitative estimate of drug-likeness (QED) is 0.718. The van der Waals surface area contributed by atoms with Gasteiger partial charge in [-0.1, -0.05) is 19.8 Å². The summed E-state index contributed by atoms with van der Waals surface area (Å²) in [5.74, 6) is 0.991. The van der Waals surface area contributed by atoms with Crippen molar-refractivity contribution >= 4 is 5.91 Å². The first-order valence-corrected chi connectivity index (χ1v) is 6.78. The zero-order chi connectivity index (χ0) is 11.5. The van der Waals surface area contributed by atoms with Crippen LogP contribution in [-0.4, -0.2) is 29.4 Å². The summed E-state index contributed by atoms with van der Waals surface area (Å²) in [5.41, 5.74) is 5.97. The minimum absolute atomic E-state index is 0.211. The third kappa shape index (κ3) is 3.21. The fourth-order valence-corrected chi connectivity index (χ4v) is 2.14. The molecule has 2 aliphatic carbocycles. The van der Waals surface area contributed by atoms with E-state index in [2.05, 4.69) is 11.8 Å². The van der Waals surface area contributed by atoms with E-state index in [1.54, 1.807) is 0 Å². The molecule has 2 saturated carbocycles. The highest BCUT2D eigenvalue weighted by molar-refractivity contribution is 5.82. The second-order valence-corrected chi connectivity index (χ2v) is 5.41. The highest BCUT2D eigenvalue weighted by Crippen LogP contribution is 2.35. The van der Waals surface area contributed by atoms with Crippen molar-refractivity contribution in [3.63, 3.8) is 0 Å². The number of amides is 1. The van der Waals surface area contributed by atoms with Crippen LogP contribution in [0.3, 0.4) is 0 Å². The van der Waals surface area contributed by atoms with Gasteiger partial charge in [0, 0.05) is 12.6 Å². The number of nitrogens with two attached hydrogens (primary N) is 1. The molecule has 2 N–H and O–H groups in total. The molecular formula is C13H24N2O. The molecule has 0 saturated heterocycles. The topological polar surface area (TPSA) is 46.3 Å². The highest BCUT2D eigenvalue weighted by Gasteiger charge is 2.37. The number of carbonyl (C=O) groups is 1. The van der Waals surface area contributed by atoms with E-state index in [-0.39, 0.29) is 11.9 Å². The normalized spacial score (nSPS) is 21.9. The highest BCUT2D eigenvalue weighted by atomic mass is 16.2. The van der Waals surface area contributed by atoms with E-state index in [1.165, 1.54) is 25.7 Å². The SMILES string of the molecule is CCCCC(N)C(=O)N(CC1CC1)C1CC1. The summed E-state index contributed by atoms with van der Waals surface area (Å²) in [7, 11) is 0. The molecule has 2 aliphatic rings. The van der Waals surface area contributed by atoms with Crippen LogP contribution < -0.4 is 5.73 Å². The summed E-state index contributed by atoms with van der Waals surface area (Å²) < 4.78 is 0.